The van der Waals surface area contributed by atoms with Crippen LogP contribution in [-0.4, -0.2) is 71.2 Å². The van der Waals surface area contributed by atoms with Gasteiger partial charge in [0.25, 0.3) is 0 Å². The molecule has 0 saturated carbocycles. The Kier molecular flexibility index (Phi) is 7.49. The number of piperidine rings is 1. The number of aliphatic carboxylic acids is 1. The first-order valence-corrected chi connectivity index (χ1v) is 14.7. The highest BCUT2D eigenvalue weighted by Gasteiger charge is 2.50. The Morgan fingerprint density at radius 1 is 0.857 bits per heavy atom. The number of amides is 2. The molecular weight excluding hydrogens is 530 g/mol. The van der Waals surface area contributed by atoms with Gasteiger partial charge in [0.1, 0.15) is 12.1 Å². The quantitative estimate of drug-likeness (QED) is 0.422. The molecule has 3 aromatic carbocycles. The molecule has 2 aliphatic heterocycles. The minimum atomic E-state index is -1.15. The molecule has 1 unspecified atom stereocenters. The molecule has 0 bridgehead atoms. The largest absolute Gasteiger partial charge is 0.481 e. The van der Waals surface area contributed by atoms with Gasteiger partial charge in [-0.3, -0.25) is 14.5 Å². The number of likely N-dealkylation sites (tertiary alicyclic amines) is 2. The standard InChI is InChI=1S/C34H37N3O5/c1-33(31(39)40)15-20-37(23-33)30(38)34(16-18-36(19-17-34)21-24-9-3-2-4-10-24)35-32(41)42-22-29-27-13-7-5-11-25(27)26-12-6-8-14-28(26)29/h2-14,29H,15-23H2,1H3,(H,35,41)(H,39,40). The second kappa shape index (κ2) is 11.2. The van der Waals surface area contributed by atoms with Crippen LogP contribution >= 0.6 is 0 Å². The predicted octanol–water partition coefficient (Wildman–Crippen LogP) is 4.88. The maximum absolute atomic E-state index is 14.1. The number of carboxylic acid groups (broad SMARTS) is 1. The van der Waals surface area contributed by atoms with Gasteiger partial charge in [-0.1, -0.05) is 78.9 Å². The van der Waals surface area contributed by atoms with E-state index in [-0.39, 0.29) is 25.0 Å². The molecule has 218 valence electrons. The van der Waals surface area contributed by atoms with Gasteiger partial charge < -0.3 is 20.1 Å². The summed E-state index contributed by atoms with van der Waals surface area (Å²) in [5.74, 6) is -1.22. The van der Waals surface area contributed by atoms with Crippen molar-refractivity contribution in [2.24, 2.45) is 5.41 Å². The van der Waals surface area contributed by atoms with Crippen molar-refractivity contribution < 1.29 is 24.2 Å². The van der Waals surface area contributed by atoms with Gasteiger partial charge in [0.15, 0.2) is 0 Å². The highest BCUT2D eigenvalue weighted by atomic mass is 16.5. The van der Waals surface area contributed by atoms with Crippen molar-refractivity contribution in [1.29, 1.82) is 0 Å². The van der Waals surface area contributed by atoms with Crippen LogP contribution in [0.2, 0.25) is 0 Å². The van der Waals surface area contributed by atoms with Gasteiger partial charge in [0.05, 0.1) is 5.41 Å². The van der Waals surface area contributed by atoms with Crippen LogP contribution in [0.15, 0.2) is 78.9 Å². The third-order valence-electron chi connectivity index (χ3n) is 9.33. The fourth-order valence-electron chi connectivity index (χ4n) is 6.77. The van der Waals surface area contributed by atoms with E-state index in [2.05, 4.69) is 46.6 Å². The number of carbonyl (C=O) groups excluding carboxylic acids is 2. The normalized spacial score (nSPS) is 21.4. The lowest BCUT2D eigenvalue weighted by molar-refractivity contribution is -0.148. The Balaban J connectivity index is 1.17. The summed E-state index contributed by atoms with van der Waals surface area (Å²) in [5.41, 5.74) is 3.59. The van der Waals surface area contributed by atoms with E-state index in [4.69, 9.17) is 4.74 Å². The third-order valence-corrected chi connectivity index (χ3v) is 9.33. The van der Waals surface area contributed by atoms with Crippen LogP contribution in [0.1, 0.15) is 48.8 Å². The predicted molar refractivity (Wildman–Crippen MR) is 159 cm³/mol. The van der Waals surface area contributed by atoms with E-state index in [9.17, 15) is 19.5 Å². The van der Waals surface area contributed by atoms with Crippen molar-refractivity contribution in [1.82, 2.24) is 15.1 Å². The van der Waals surface area contributed by atoms with Gasteiger partial charge >= 0.3 is 12.1 Å². The van der Waals surface area contributed by atoms with Crippen LogP contribution in [0.3, 0.4) is 0 Å². The number of hydrogen-bond acceptors (Lipinski definition) is 5. The average Bonchev–Trinajstić information content (AvgIpc) is 3.56. The molecule has 3 aliphatic rings. The van der Waals surface area contributed by atoms with Gasteiger partial charge in [-0.25, -0.2) is 4.79 Å². The second-order valence-electron chi connectivity index (χ2n) is 12.1. The van der Waals surface area contributed by atoms with Gasteiger partial charge in [-0.15, -0.1) is 0 Å². The van der Waals surface area contributed by atoms with Crippen molar-refractivity contribution in [3.63, 3.8) is 0 Å². The molecule has 0 spiro atoms. The summed E-state index contributed by atoms with van der Waals surface area (Å²) in [7, 11) is 0. The number of fused-ring (bicyclic) bond motifs is 3. The first kappa shape index (κ1) is 28.0. The number of alkyl carbamates (subject to hydrolysis) is 1. The lowest BCUT2D eigenvalue weighted by Crippen LogP contribution is -2.63. The topological polar surface area (TPSA) is 99.2 Å². The van der Waals surface area contributed by atoms with Crippen molar-refractivity contribution >= 4 is 18.0 Å². The monoisotopic (exact) mass is 567 g/mol. The first-order valence-electron chi connectivity index (χ1n) is 14.7. The Bertz CT molecular complexity index is 1440. The molecule has 2 amide bonds. The zero-order valence-corrected chi connectivity index (χ0v) is 23.9. The lowest BCUT2D eigenvalue weighted by Gasteiger charge is -2.42. The molecule has 2 heterocycles. The van der Waals surface area contributed by atoms with Gasteiger partial charge in [0, 0.05) is 38.6 Å². The fraction of sp³-hybridized carbons (Fsp3) is 0.382. The Hall–Kier alpha value is -4.17. The van der Waals surface area contributed by atoms with Gasteiger partial charge in [-0.05, 0) is 54.0 Å². The maximum Gasteiger partial charge on any atom is 0.408 e. The zero-order chi connectivity index (χ0) is 29.3. The molecule has 1 aliphatic carbocycles. The zero-order valence-electron chi connectivity index (χ0n) is 23.9. The summed E-state index contributed by atoms with van der Waals surface area (Å²) in [5, 5.41) is 12.7. The number of nitrogens with zero attached hydrogens (tertiary/aromatic N) is 2. The molecule has 8 heteroatoms. The van der Waals surface area contributed by atoms with Gasteiger partial charge in [0.2, 0.25) is 5.91 Å². The summed E-state index contributed by atoms with van der Waals surface area (Å²) in [6.45, 7) is 4.31. The molecule has 2 N–H and O–H groups in total. The molecule has 2 saturated heterocycles. The highest BCUT2D eigenvalue weighted by Crippen LogP contribution is 2.44. The van der Waals surface area contributed by atoms with Crippen LogP contribution in [0.25, 0.3) is 11.1 Å². The molecule has 0 aromatic heterocycles. The molecule has 6 rings (SSSR count). The molecule has 8 nitrogen and oxygen atoms in total. The van der Waals surface area contributed by atoms with E-state index in [1.807, 2.05) is 42.5 Å². The minimum Gasteiger partial charge on any atom is -0.481 e. The first-order chi connectivity index (χ1) is 20.3. The summed E-state index contributed by atoms with van der Waals surface area (Å²) in [6, 6.07) is 26.5. The summed E-state index contributed by atoms with van der Waals surface area (Å²) in [4.78, 5) is 43.3. The lowest BCUT2D eigenvalue weighted by atomic mass is 9.85. The third kappa shape index (κ3) is 5.27. The van der Waals surface area contributed by atoms with Crippen molar-refractivity contribution in [2.45, 2.75) is 44.2 Å². The fourth-order valence-corrected chi connectivity index (χ4v) is 6.77. The molecule has 42 heavy (non-hydrogen) atoms. The molecule has 2 fully saturated rings. The van der Waals surface area contributed by atoms with Crippen molar-refractivity contribution in [3.05, 3.63) is 95.6 Å². The number of carboxylic acids is 1. The number of rotatable bonds is 7. The number of ether oxygens (including phenoxy) is 1. The average molecular weight is 568 g/mol. The molecule has 1 atom stereocenters. The van der Waals surface area contributed by atoms with Crippen LogP contribution in [0.4, 0.5) is 4.79 Å². The Morgan fingerprint density at radius 2 is 1.45 bits per heavy atom. The van der Waals surface area contributed by atoms with E-state index < -0.39 is 23.0 Å². The SMILES string of the molecule is CC1(C(=O)O)CCN(C(=O)C2(NC(=O)OCC3c4ccccc4-c4ccccc43)CCN(Cc3ccccc3)CC2)C1. The number of hydrogen-bond donors (Lipinski definition) is 2. The number of carbonyl (C=O) groups is 3. The van der Waals surface area contributed by atoms with Crippen molar-refractivity contribution in [2.75, 3.05) is 32.8 Å². The van der Waals surface area contributed by atoms with E-state index in [0.717, 1.165) is 28.8 Å². The maximum atomic E-state index is 14.1. The van der Waals surface area contributed by atoms with Crippen LogP contribution < -0.4 is 5.32 Å². The van der Waals surface area contributed by atoms with E-state index in [0.29, 0.717) is 38.9 Å². The van der Waals surface area contributed by atoms with Crippen LogP contribution in [0.5, 0.6) is 0 Å². The van der Waals surface area contributed by atoms with E-state index in [1.165, 1.54) is 5.56 Å². The van der Waals surface area contributed by atoms with Crippen molar-refractivity contribution in [3.8, 4) is 11.1 Å². The van der Waals surface area contributed by atoms with Gasteiger partial charge in [-0.2, -0.15) is 0 Å². The Morgan fingerprint density at radius 3 is 2.05 bits per heavy atom. The summed E-state index contributed by atoms with van der Waals surface area (Å²) in [6.07, 6.45) is 0.601. The van der Waals surface area contributed by atoms with E-state index in [1.54, 1.807) is 11.8 Å². The molecule has 3 aromatic rings. The minimum absolute atomic E-state index is 0.0858. The number of nitrogens with one attached hydrogen (secondary N) is 1. The summed E-state index contributed by atoms with van der Waals surface area (Å²) < 4.78 is 5.85. The Labute approximate surface area is 246 Å². The smallest absolute Gasteiger partial charge is 0.408 e. The van der Waals surface area contributed by atoms with Crippen LogP contribution in [-0.2, 0) is 20.9 Å². The van der Waals surface area contributed by atoms with Crippen LogP contribution in [0, 0.1) is 5.41 Å². The molecular formula is C34H37N3O5. The molecule has 0 radical (unpaired) electrons. The van der Waals surface area contributed by atoms with E-state index >= 15 is 0 Å². The summed E-state index contributed by atoms with van der Waals surface area (Å²) >= 11 is 0. The number of benzene rings is 3. The second-order valence-corrected chi connectivity index (χ2v) is 12.1. The highest BCUT2D eigenvalue weighted by molar-refractivity contribution is 5.91.